The molecule has 0 spiro atoms. The van der Waals surface area contributed by atoms with Crippen molar-refractivity contribution >= 4 is 23.2 Å². The molecule has 4 rings (SSSR count). The molecule has 0 aromatic heterocycles. The molecule has 0 saturated carbocycles. The number of likely N-dealkylation sites (tertiary alicyclic amines) is 1. The van der Waals surface area contributed by atoms with Crippen molar-refractivity contribution in [2.75, 3.05) is 37.6 Å². The van der Waals surface area contributed by atoms with Crippen LogP contribution in [0.4, 0.5) is 18.9 Å². The van der Waals surface area contributed by atoms with Crippen molar-refractivity contribution in [1.29, 1.82) is 0 Å². The highest BCUT2D eigenvalue weighted by Gasteiger charge is 2.46. The minimum absolute atomic E-state index is 0.115. The number of rotatable bonds is 6. The molecule has 2 fully saturated rings. The second-order valence-electron chi connectivity index (χ2n) is 10.1. The molecule has 10 heteroatoms. The van der Waals surface area contributed by atoms with Crippen molar-refractivity contribution in [3.05, 3.63) is 58.6 Å². The minimum Gasteiger partial charge on any atom is -0.507 e. The van der Waals surface area contributed by atoms with E-state index in [-0.39, 0.29) is 29.8 Å². The van der Waals surface area contributed by atoms with Gasteiger partial charge in [-0.25, -0.2) is 0 Å². The fourth-order valence-corrected chi connectivity index (χ4v) is 5.55. The van der Waals surface area contributed by atoms with Gasteiger partial charge in [-0.05, 0) is 50.2 Å². The number of piperazine rings is 1. The maximum absolute atomic E-state index is 13.5. The molecule has 6 nitrogen and oxygen atoms in total. The maximum atomic E-state index is 13.5. The zero-order valence-corrected chi connectivity index (χ0v) is 21.3. The smallest absolute Gasteiger partial charge is 0.416 e. The SMILES string of the molecule is CC(C)[NH+]1CC([NH2+]Cc2cc(Cl)ccc2O)CC1C(=O)N1CCN(c2cccc(C(F)(F)F)c2)CC1. The first-order valence-electron chi connectivity index (χ1n) is 12.4. The Morgan fingerprint density at radius 2 is 1.89 bits per heavy atom. The van der Waals surface area contributed by atoms with E-state index in [2.05, 4.69) is 19.2 Å². The van der Waals surface area contributed by atoms with Gasteiger partial charge in [0.1, 0.15) is 24.9 Å². The molecule has 2 saturated heterocycles. The molecule has 0 bridgehead atoms. The third-order valence-electron chi connectivity index (χ3n) is 7.37. The van der Waals surface area contributed by atoms with Crippen LogP contribution in [0.25, 0.3) is 0 Å². The van der Waals surface area contributed by atoms with E-state index in [1.54, 1.807) is 24.3 Å². The molecular formula is C26H34ClF3N4O2+2. The Bertz CT molecular complexity index is 1070. The fourth-order valence-electron chi connectivity index (χ4n) is 5.36. The van der Waals surface area contributed by atoms with Crippen LogP contribution < -0.4 is 15.1 Å². The van der Waals surface area contributed by atoms with Crippen molar-refractivity contribution in [3.63, 3.8) is 0 Å². The van der Waals surface area contributed by atoms with Crippen molar-refractivity contribution in [2.45, 2.75) is 51.1 Å². The van der Waals surface area contributed by atoms with Gasteiger partial charge in [0, 0.05) is 42.5 Å². The normalized spacial score (nSPS) is 22.9. The van der Waals surface area contributed by atoms with Gasteiger partial charge in [0.25, 0.3) is 5.91 Å². The van der Waals surface area contributed by atoms with E-state index in [0.29, 0.717) is 43.4 Å². The average molecular weight is 527 g/mol. The van der Waals surface area contributed by atoms with Crippen LogP contribution >= 0.6 is 11.6 Å². The Balaban J connectivity index is 1.36. The molecule has 3 atom stereocenters. The lowest BCUT2D eigenvalue weighted by Crippen LogP contribution is -3.19. The molecule has 4 N–H and O–H groups in total. The minimum atomic E-state index is -4.38. The fraction of sp³-hybridized carbons (Fsp3) is 0.500. The van der Waals surface area contributed by atoms with Crippen LogP contribution in [0.1, 0.15) is 31.4 Å². The number of hydrogen-bond acceptors (Lipinski definition) is 3. The third-order valence-corrected chi connectivity index (χ3v) is 7.60. The Hall–Kier alpha value is -2.49. The molecule has 2 aliphatic rings. The van der Waals surface area contributed by atoms with Crippen molar-refractivity contribution < 1.29 is 33.3 Å². The van der Waals surface area contributed by atoms with Gasteiger partial charge in [-0.3, -0.25) is 4.79 Å². The number of phenolic OH excluding ortho intramolecular Hbond substituents is 1. The largest absolute Gasteiger partial charge is 0.507 e. The van der Waals surface area contributed by atoms with E-state index in [9.17, 15) is 23.1 Å². The summed E-state index contributed by atoms with van der Waals surface area (Å²) < 4.78 is 39.3. The van der Waals surface area contributed by atoms with Gasteiger partial charge in [-0.1, -0.05) is 17.7 Å². The highest BCUT2D eigenvalue weighted by Crippen LogP contribution is 2.32. The summed E-state index contributed by atoms with van der Waals surface area (Å²) in [5, 5.41) is 12.9. The number of anilines is 1. The van der Waals surface area contributed by atoms with Crippen molar-refractivity contribution in [3.8, 4) is 5.75 Å². The van der Waals surface area contributed by atoms with Crippen LogP contribution in [-0.4, -0.2) is 66.8 Å². The molecule has 2 aromatic rings. The molecule has 0 radical (unpaired) electrons. The van der Waals surface area contributed by atoms with Crippen LogP contribution in [0, 0.1) is 0 Å². The second-order valence-corrected chi connectivity index (χ2v) is 10.5. The Morgan fingerprint density at radius 3 is 2.56 bits per heavy atom. The van der Waals surface area contributed by atoms with E-state index >= 15 is 0 Å². The third kappa shape index (κ3) is 6.07. The Morgan fingerprint density at radius 1 is 1.17 bits per heavy atom. The van der Waals surface area contributed by atoms with E-state index < -0.39 is 11.7 Å². The van der Waals surface area contributed by atoms with E-state index in [0.717, 1.165) is 24.6 Å². The first kappa shape index (κ1) is 26.6. The van der Waals surface area contributed by atoms with E-state index in [1.165, 1.54) is 17.0 Å². The number of benzene rings is 2. The zero-order chi connectivity index (χ0) is 26.0. The van der Waals surface area contributed by atoms with Crippen LogP contribution in [0.2, 0.25) is 5.02 Å². The number of nitrogens with zero attached hydrogens (tertiary/aromatic N) is 2. The van der Waals surface area contributed by atoms with Crippen LogP contribution in [-0.2, 0) is 17.5 Å². The summed E-state index contributed by atoms with van der Waals surface area (Å²) in [5.41, 5.74) is 0.647. The summed E-state index contributed by atoms with van der Waals surface area (Å²) in [6, 6.07) is 10.8. The Labute approximate surface area is 214 Å². The number of carbonyl (C=O) groups is 1. The van der Waals surface area contributed by atoms with Gasteiger partial charge >= 0.3 is 6.18 Å². The molecule has 3 unspecified atom stereocenters. The van der Waals surface area contributed by atoms with Gasteiger partial charge < -0.3 is 25.1 Å². The van der Waals surface area contributed by atoms with Crippen molar-refractivity contribution in [1.82, 2.24) is 4.90 Å². The maximum Gasteiger partial charge on any atom is 0.416 e. The lowest BCUT2D eigenvalue weighted by atomic mass is 10.1. The number of nitrogens with one attached hydrogen (secondary N) is 1. The summed E-state index contributed by atoms with van der Waals surface area (Å²) >= 11 is 6.07. The Kier molecular flexibility index (Phi) is 8.02. The quantitative estimate of drug-likeness (QED) is 0.539. The van der Waals surface area contributed by atoms with Gasteiger partial charge in [0.05, 0.1) is 18.0 Å². The summed E-state index contributed by atoms with van der Waals surface area (Å²) in [6.07, 6.45) is -3.64. The van der Waals surface area contributed by atoms with Gasteiger partial charge in [0.2, 0.25) is 0 Å². The van der Waals surface area contributed by atoms with E-state index in [4.69, 9.17) is 11.6 Å². The van der Waals surface area contributed by atoms with Gasteiger partial charge in [-0.2, -0.15) is 13.2 Å². The number of amides is 1. The van der Waals surface area contributed by atoms with E-state index in [1.807, 2.05) is 9.80 Å². The number of carbonyl (C=O) groups excluding carboxylic acids is 1. The highest BCUT2D eigenvalue weighted by atomic mass is 35.5. The lowest BCUT2D eigenvalue weighted by molar-refractivity contribution is -0.933. The number of halogens is 4. The molecule has 2 heterocycles. The molecule has 2 aromatic carbocycles. The predicted molar refractivity (Wildman–Crippen MR) is 132 cm³/mol. The lowest BCUT2D eigenvalue weighted by Gasteiger charge is -2.38. The molecule has 196 valence electrons. The summed E-state index contributed by atoms with van der Waals surface area (Å²) in [6.45, 7) is 7.64. The molecule has 36 heavy (non-hydrogen) atoms. The topological polar surface area (TPSA) is 64.8 Å². The number of quaternary nitrogens is 2. The molecule has 0 aliphatic carbocycles. The highest BCUT2D eigenvalue weighted by molar-refractivity contribution is 6.30. The average Bonchev–Trinajstić information content (AvgIpc) is 3.28. The summed E-state index contributed by atoms with van der Waals surface area (Å²) in [4.78, 5) is 18.6. The van der Waals surface area contributed by atoms with Crippen LogP contribution in [0.5, 0.6) is 5.75 Å². The van der Waals surface area contributed by atoms with Crippen LogP contribution in [0.3, 0.4) is 0 Å². The number of alkyl halides is 3. The molecule has 1 amide bonds. The standard InChI is InChI=1S/C26H32ClF3N4O2/c1-17(2)34-16-21(31-15-18-12-20(27)6-7-24(18)35)14-23(34)25(36)33-10-8-32(9-11-33)22-5-3-4-19(13-22)26(28,29)30/h3-7,12-13,17,21,23,31,35H,8-11,14-16H2,1-2H3/p+2. The summed E-state index contributed by atoms with van der Waals surface area (Å²) in [5.74, 6) is 0.330. The summed E-state index contributed by atoms with van der Waals surface area (Å²) in [7, 11) is 0. The predicted octanol–water partition coefficient (Wildman–Crippen LogP) is 1.91. The van der Waals surface area contributed by atoms with Crippen LogP contribution in [0.15, 0.2) is 42.5 Å². The number of hydrogen-bond donors (Lipinski definition) is 3. The monoisotopic (exact) mass is 526 g/mol. The number of nitrogens with two attached hydrogens (primary N) is 1. The van der Waals surface area contributed by atoms with Gasteiger partial charge in [0.15, 0.2) is 6.04 Å². The first-order chi connectivity index (χ1) is 17.0. The number of aromatic hydroxyl groups is 1. The van der Waals surface area contributed by atoms with Gasteiger partial charge in [-0.15, -0.1) is 0 Å². The first-order valence-corrected chi connectivity index (χ1v) is 12.8. The molecule has 2 aliphatic heterocycles. The molecular weight excluding hydrogens is 493 g/mol. The second kappa shape index (κ2) is 10.9. The van der Waals surface area contributed by atoms with Crippen molar-refractivity contribution in [2.24, 2.45) is 0 Å². The zero-order valence-electron chi connectivity index (χ0n) is 20.6. The number of phenols is 1.